The van der Waals surface area contributed by atoms with Gasteiger partial charge in [-0.3, -0.25) is 0 Å². The first kappa shape index (κ1) is 17.0. The fourth-order valence-corrected chi connectivity index (χ4v) is 3.03. The van der Waals surface area contributed by atoms with Crippen LogP contribution in [0.2, 0.25) is 0 Å². The molecule has 1 saturated carbocycles. The Morgan fingerprint density at radius 1 is 1.00 bits per heavy atom. The van der Waals surface area contributed by atoms with Crippen molar-refractivity contribution < 1.29 is 9.47 Å². The van der Waals surface area contributed by atoms with Crippen molar-refractivity contribution in [2.75, 3.05) is 13.7 Å². The van der Waals surface area contributed by atoms with Crippen molar-refractivity contribution in [3.05, 3.63) is 0 Å². The number of ether oxygens (including phenoxy) is 2. The zero-order valence-corrected chi connectivity index (χ0v) is 13.3. The van der Waals surface area contributed by atoms with E-state index in [0.29, 0.717) is 0 Å². The number of methoxy groups -OCH3 is 1. The molecule has 2 atom stereocenters. The van der Waals surface area contributed by atoms with E-state index in [1.165, 1.54) is 57.8 Å². The van der Waals surface area contributed by atoms with Gasteiger partial charge >= 0.3 is 0 Å². The predicted octanol–water partition coefficient (Wildman–Crippen LogP) is 4.96. The summed E-state index contributed by atoms with van der Waals surface area (Å²) in [5.74, 6) is 0.779. The number of hydrogen-bond acceptors (Lipinski definition) is 2. The van der Waals surface area contributed by atoms with Gasteiger partial charge in [-0.25, -0.2) is 0 Å². The fraction of sp³-hybridized carbons (Fsp3) is 1.00. The number of hydrogen-bond donors (Lipinski definition) is 0. The first-order chi connectivity index (χ1) is 9.27. The van der Waals surface area contributed by atoms with E-state index in [1.807, 2.05) is 0 Å². The third-order valence-corrected chi connectivity index (χ3v) is 4.49. The van der Waals surface area contributed by atoms with Gasteiger partial charge in [-0.1, -0.05) is 51.9 Å². The molecule has 0 aliphatic heterocycles. The quantitative estimate of drug-likeness (QED) is 0.651. The van der Waals surface area contributed by atoms with Crippen LogP contribution in [0.25, 0.3) is 0 Å². The summed E-state index contributed by atoms with van der Waals surface area (Å²) in [7, 11) is 1.79. The lowest BCUT2D eigenvalue weighted by molar-refractivity contribution is -0.0640. The van der Waals surface area contributed by atoms with Crippen LogP contribution < -0.4 is 0 Å². The molecule has 0 heterocycles. The van der Waals surface area contributed by atoms with Crippen LogP contribution in [0.5, 0.6) is 0 Å². The Labute approximate surface area is 120 Å². The Bertz CT molecular complexity index is 195. The van der Waals surface area contributed by atoms with Gasteiger partial charge in [-0.2, -0.15) is 0 Å². The van der Waals surface area contributed by atoms with Gasteiger partial charge in [0.15, 0.2) is 0 Å². The highest BCUT2D eigenvalue weighted by Crippen LogP contribution is 2.23. The normalized spacial score (nSPS) is 22.3. The highest BCUT2D eigenvalue weighted by Gasteiger charge is 2.19. The topological polar surface area (TPSA) is 18.5 Å². The maximum atomic E-state index is 6.19. The summed E-state index contributed by atoms with van der Waals surface area (Å²) in [6.45, 7) is 5.29. The molecule has 2 heteroatoms. The molecule has 1 rings (SSSR count). The third kappa shape index (κ3) is 7.31. The summed E-state index contributed by atoms with van der Waals surface area (Å²) < 4.78 is 11.6. The molecule has 0 radical (unpaired) electrons. The van der Waals surface area contributed by atoms with Crippen LogP contribution in [0.1, 0.15) is 78.1 Å². The molecule has 1 unspecified atom stereocenters. The van der Waals surface area contributed by atoms with Gasteiger partial charge in [0, 0.05) is 13.7 Å². The average molecular weight is 270 g/mol. The second-order valence-corrected chi connectivity index (χ2v) is 6.17. The highest BCUT2D eigenvalue weighted by molar-refractivity contribution is 4.68. The van der Waals surface area contributed by atoms with Gasteiger partial charge in [0.2, 0.25) is 0 Å². The second kappa shape index (κ2) is 10.7. The van der Waals surface area contributed by atoms with E-state index in [0.717, 1.165) is 18.9 Å². The Balaban J connectivity index is 2.33. The standard InChI is InChI=1S/C17H34O2/c1-4-11-17(15(2)18-3)19-14-16-12-9-7-5-6-8-10-13-16/h15-17H,4-14H2,1-3H3/t15-,17?/m1/s1. The predicted molar refractivity (Wildman–Crippen MR) is 81.5 cm³/mol. The lowest BCUT2D eigenvalue weighted by Gasteiger charge is -2.26. The summed E-state index contributed by atoms with van der Waals surface area (Å²) >= 11 is 0. The summed E-state index contributed by atoms with van der Waals surface area (Å²) in [4.78, 5) is 0. The van der Waals surface area contributed by atoms with E-state index in [4.69, 9.17) is 9.47 Å². The summed E-state index contributed by atoms with van der Waals surface area (Å²) in [5, 5.41) is 0. The lowest BCUT2D eigenvalue weighted by Crippen LogP contribution is -2.30. The van der Waals surface area contributed by atoms with Crippen molar-refractivity contribution >= 4 is 0 Å². The minimum absolute atomic E-state index is 0.219. The monoisotopic (exact) mass is 270 g/mol. The van der Waals surface area contributed by atoms with Crippen LogP contribution in [0.4, 0.5) is 0 Å². The lowest BCUT2D eigenvalue weighted by atomic mass is 9.97. The largest absolute Gasteiger partial charge is 0.379 e. The third-order valence-electron chi connectivity index (χ3n) is 4.49. The zero-order valence-electron chi connectivity index (χ0n) is 13.3. The fourth-order valence-electron chi connectivity index (χ4n) is 3.03. The molecule has 114 valence electrons. The molecular formula is C17H34O2. The van der Waals surface area contributed by atoms with Crippen LogP contribution in [0.3, 0.4) is 0 Å². The maximum absolute atomic E-state index is 6.19. The molecule has 1 aliphatic carbocycles. The first-order valence-electron chi connectivity index (χ1n) is 8.42. The molecule has 0 aromatic carbocycles. The van der Waals surface area contributed by atoms with Gasteiger partial charge in [-0.05, 0) is 32.1 Å². The molecule has 0 spiro atoms. The van der Waals surface area contributed by atoms with Crippen LogP contribution >= 0.6 is 0 Å². The SMILES string of the molecule is CCCC(OCC1CCCCCCCC1)[C@@H](C)OC. The van der Waals surface area contributed by atoms with Crippen molar-refractivity contribution in [2.24, 2.45) is 5.92 Å². The van der Waals surface area contributed by atoms with Gasteiger partial charge in [0.1, 0.15) is 0 Å². The summed E-state index contributed by atoms with van der Waals surface area (Å²) in [6.07, 6.45) is 14.0. The first-order valence-corrected chi connectivity index (χ1v) is 8.42. The smallest absolute Gasteiger partial charge is 0.0833 e. The van der Waals surface area contributed by atoms with E-state index in [2.05, 4.69) is 13.8 Å². The second-order valence-electron chi connectivity index (χ2n) is 6.17. The van der Waals surface area contributed by atoms with Gasteiger partial charge in [0.25, 0.3) is 0 Å². The molecule has 0 amide bonds. The van der Waals surface area contributed by atoms with E-state index in [1.54, 1.807) is 7.11 Å². The molecule has 1 aliphatic rings. The zero-order chi connectivity index (χ0) is 13.9. The van der Waals surface area contributed by atoms with E-state index in [-0.39, 0.29) is 12.2 Å². The van der Waals surface area contributed by atoms with E-state index < -0.39 is 0 Å². The number of rotatable bonds is 7. The van der Waals surface area contributed by atoms with Crippen molar-refractivity contribution in [2.45, 2.75) is 90.3 Å². The van der Waals surface area contributed by atoms with Crippen molar-refractivity contribution in [1.82, 2.24) is 0 Å². The van der Waals surface area contributed by atoms with Crippen LogP contribution in [0.15, 0.2) is 0 Å². The Kier molecular flexibility index (Phi) is 9.54. The van der Waals surface area contributed by atoms with Gasteiger partial charge in [-0.15, -0.1) is 0 Å². The molecule has 19 heavy (non-hydrogen) atoms. The molecule has 1 fully saturated rings. The van der Waals surface area contributed by atoms with Gasteiger partial charge in [0.05, 0.1) is 12.2 Å². The Hall–Kier alpha value is -0.0800. The Morgan fingerprint density at radius 3 is 2.11 bits per heavy atom. The van der Waals surface area contributed by atoms with Gasteiger partial charge < -0.3 is 9.47 Å². The molecule has 0 saturated heterocycles. The Morgan fingerprint density at radius 2 is 1.58 bits per heavy atom. The molecule has 0 aromatic heterocycles. The molecule has 0 N–H and O–H groups in total. The van der Waals surface area contributed by atoms with E-state index >= 15 is 0 Å². The summed E-state index contributed by atoms with van der Waals surface area (Å²) in [5.41, 5.74) is 0. The highest BCUT2D eigenvalue weighted by atomic mass is 16.5. The van der Waals surface area contributed by atoms with Crippen LogP contribution in [-0.2, 0) is 9.47 Å². The summed E-state index contributed by atoms with van der Waals surface area (Å²) in [6, 6.07) is 0. The average Bonchev–Trinajstić information content (AvgIpc) is 2.56. The minimum Gasteiger partial charge on any atom is -0.379 e. The van der Waals surface area contributed by atoms with Crippen molar-refractivity contribution in [3.8, 4) is 0 Å². The molecular weight excluding hydrogens is 236 g/mol. The molecule has 2 nitrogen and oxygen atoms in total. The van der Waals surface area contributed by atoms with Crippen molar-refractivity contribution in [3.63, 3.8) is 0 Å². The van der Waals surface area contributed by atoms with Crippen molar-refractivity contribution in [1.29, 1.82) is 0 Å². The van der Waals surface area contributed by atoms with Crippen LogP contribution in [-0.4, -0.2) is 25.9 Å². The molecule has 0 bridgehead atoms. The molecule has 0 aromatic rings. The van der Waals surface area contributed by atoms with Crippen LogP contribution in [0, 0.1) is 5.92 Å². The maximum Gasteiger partial charge on any atom is 0.0833 e. The minimum atomic E-state index is 0.219. The van der Waals surface area contributed by atoms with E-state index in [9.17, 15) is 0 Å².